The summed E-state index contributed by atoms with van der Waals surface area (Å²) in [4.78, 5) is -0.0000463. The van der Waals surface area contributed by atoms with E-state index >= 15 is 0 Å². The van der Waals surface area contributed by atoms with E-state index in [-0.39, 0.29) is 10.9 Å². The van der Waals surface area contributed by atoms with Crippen LogP contribution in [0.4, 0.5) is 0 Å². The van der Waals surface area contributed by atoms with Crippen molar-refractivity contribution in [1.82, 2.24) is 5.32 Å². The molecule has 0 bridgehead atoms. The molecular formula is C11H13NO3S. The average molecular weight is 239 g/mol. The predicted molar refractivity (Wildman–Crippen MR) is 62.1 cm³/mol. The fourth-order valence-corrected chi connectivity index (χ4v) is 2.62. The fraction of sp³-hybridized carbons (Fsp3) is 0.273. The predicted octanol–water partition coefficient (Wildman–Crippen LogP) is 1.62. The first kappa shape index (κ1) is 11.2. The van der Waals surface area contributed by atoms with Crippen molar-refractivity contribution < 1.29 is 13.0 Å². The van der Waals surface area contributed by atoms with E-state index in [1.165, 1.54) is 0 Å². The molecule has 1 heterocycles. The normalized spacial score (nSPS) is 22.5. The van der Waals surface area contributed by atoms with Crippen molar-refractivity contribution in [1.29, 1.82) is 0 Å². The summed E-state index contributed by atoms with van der Waals surface area (Å²) in [5, 5.41) is 2.96. The Morgan fingerprint density at radius 2 is 2.00 bits per heavy atom. The highest BCUT2D eigenvalue weighted by atomic mass is 32.2. The average Bonchev–Trinajstić information content (AvgIpc) is 2.97. The summed E-state index contributed by atoms with van der Waals surface area (Å²) in [6, 6.07) is 8.69. The van der Waals surface area contributed by atoms with E-state index in [0.717, 1.165) is 6.42 Å². The highest BCUT2D eigenvalue weighted by molar-refractivity contribution is 7.95. The summed E-state index contributed by atoms with van der Waals surface area (Å²) in [5.41, 5.74) is 1.12. The van der Waals surface area contributed by atoms with Crippen LogP contribution < -0.4 is 5.32 Å². The number of rotatable bonds is 3. The molecule has 4 nitrogen and oxygen atoms in total. The first-order chi connectivity index (χ1) is 7.54. The van der Waals surface area contributed by atoms with E-state index in [9.17, 15) is 13.0 Å². The van der Waals surface area contributed by atoms with Crippen LogP contribution in [0.2, 0.25) is 0 Å². The minimum atomic E-state index is -4.18. The zero-order valence-corrected chi connectivity index (χ0v) is 9.66. The van der Waals surface area contributed by atoms with Crippen molar-refractivity contribution in [3.05, 3.63) is 41.6 Å². The van der Waals surface area contributed by atoms with Gasteiger partial charge in [0.2, 0.25) is 0 Å². The minimum Gasteiger partial charge on any atom is -0.377 e. The zero-order chi connectivity index (χ0) is 11.8. The molecular weight excluding hydrogens is 226 g/mol. The molecule has 2 rings (SSSR count). The van der Waals surface area contributed by atoms with Crippen LogP contribution in [-0.2, 0) is 10.1 Å². The first-order valence-corrected chi connectivity index (χ1v) is 6.51. The summed E-state index contributed by atoms with van der Waals surface area (Å²) in [7, 11) is -4.18. The molecule has 1 fully saturated rings. The molecule has 0 saturated carbocycles. The maximum atomic E-state index is 11.3. The fourth-order valence-electron chi connectivity index (χ4n) is 1.71. The number of hydrogen-bond acceptors (Lipinski definition) is 3. The van der Waals surface area contributed by atoms with Crippen molar-refractivity contribution in [3.63, 3.8) is 0 Å². The lowest BCUT2D eigenvalue weighted by Gasteiger charge is -2.02. The standard InChI is InChI=1S/C11H13NO3S/c1-2-9-10(12-9)11(16(13,14)15)8-6-4-3-5-7-8/h3-7,9,12H,2H2,1H3,(H,13,14,15). The molecule has 1 atom stereocenters. The van der Waals surface area contributed by atoms with Gasteiger partial charge in [-0.05, 0) is 12.0 Å². The maximum Gasteiger partial charge on any atom is 0.296 e. The van der Waals surface area contributed by atoms with Gasteiger partial charge < -0.3 is 5.32 Å². The van der Waals surface area contributed by atoms with Gasteiger partial charge in [-0.1, -0.05) is 37.3 Å². The Kier molecular flexibility index (Phi) is 2.73. The second-order valence-electron chi connectivity index (χ2n) is 3.69. The Hall–Kier alpha value is -1.33. The summed E-state index contributed by atoms with van der Waals surface area (Å²) in [6.07, 6.45) is 0.807. The van der Waals surface area contributed by atoms with Crippen molar-refractivity contribution in [2.75, 3.05) is 0 Å². The van der Waals surface area contributed by atoms with Gasteiger partial charge in [0.15, 0.2) is 0 Å². The molecule has 0 aliphatic carbocycles. The van der Waals surface area contributed by atoms with Gasteiger partial charge in [0, 0.05) is 0 Å². The van der Waals surface area contributed by atoms with Crippen LogP contribution in [0, 0.1) is 0 Å². The Bertz CT molecular complexity index is 519. The van der Waals surface area contributed by atoms with Gasteiger partial charge in [-0.2, -0.15) is 8.42 Å². The van der Waals surface area contributed by atoms with E-state index in [0.29, 0.717) is 11.3 Å². The lowest BCUT2D eigenvalue weighted by molar-refractivity contribution is 0.496. The third kappa shape index (κ3) is 2.10. The van der Waals surface area contributed by atoms with E-state index in [1.54, 1.807) is 30.3 Å². The topological polar surface area (TPSA) is 76.3 Å². The van der Waals surface area contributed by atoms with Gasteiger partial charge in [-0.15, -0.1) is 0 Å². The molecule has 1 aromatic carbocycles. The Morgan fingerprint density at radius 3 is 2.44 bits per heavy atom. The van der Waals surface area contributed by atoms with Gasteiger partial charge in [0.05, 0.1) is 11.7 Å². The zero-order valence-electron chi connectivity index (χ0n) is 8.84. The third-order valence-corrected chi connectivity index (χ3v) is 3.51. The molecule has 2 N–H and O–H groups in total. The molecule has 0 spiro atoms. The lowest BCUT2D eigenvalue weighted by Crippen LogP contribution is -2.02. The largest absolute Gasteiger partial charge is 0.377 e. The second-order valence-corrected chi connectivity index (χ2v) is 5.05. The van der Waals surface area contributed by atoms with Gasteiger partial charge >= 0.3 is 0 Å². The number of hydrogen-bond donors (Lipinski definition) is 2. The SMILES string of the molecule is CCC1NC1=C(c1ccccc1)S(=O)(=O)O. The number of benzene rings is 1. The van der Waals surface area contributed by atoms with Gasteiger partial charge in [-0.3, -0.25) is 4.55 Å². The van der Waals surface area contributed by atoms with Crippen LogP contribution >= 0.6 is 0 Å². The molecule has 1 saturated heterocycles. The molecule has 0 amide bonds. The van der Waals surface area contributed by atoms with Crippen molar-refractivity contribution >= 4 is 15.0 Å². The maximum absolute atomic E-state index is 11.3. The van der Waals surface area contributed by atoms with Gasteiger partial charge in [0.25, 0.3) is 10.1 Å². The highest BCUT2D eigenvalue weighted by Crippen LogP contribution is 2.32. The second kappa shape index (κ2) is 3.92. The van der Waals surface area contributed by atoms with Crippen molar-refractivity contribution in [2.24, 2.45) is 0 Å². The summed E-state index contributed by atoms with van der Waals surface area (Å²) in [6.45, 7) is 1.96. The van der Waals surface area contributed by atoms with E-state index in [4.69, 9.17) is 0 Å². The Balaban J connectivity index is 2.52. The molecule has 1 aliphatic heterocycles. The van der Waals surface area contributed by atoms with E-state index in [1.807, 2.05) is 6.92 Å². The molecule has 1 unspecified atom stereocenters. The van der Waals surface area contributed by atoms with Crippen LogP contribution in [-0.4, -0.2) is 19.0 Å². The van der Waals surface area contributed by atoms with Crippen LogP contribution in [0.1, 0.15) is 18.9 Å². The monoisotopic (exact) mass is 239 g/mol. The van der Waals surface area contributed by atoms with Gasteiger partial charge in [0.1, 0.15) is 4.91 Å². The quantitative estimate of drug-likeness (QED) is 0.621. The molecule has 16 heavy (non-hydrogen) atoms. The summed E-state index contributed by atoms with van der Waals surface area (Å²) >= 11 is 0. The van der Waals surface area contributed by atoms with Crippen molar-refractivity contribution in [3.8, 4) is 0 Å². The van der Waals surface area contributed by atoms with Gasteiger partial charge in [-0.25, -0.2) is 0 Å². The molecule has 0 radical (unpaired) electrons. The Labute approximate surface area is 94.7 Å². The van der Waals surface area contributed by atoms with Crippen LogP contribution in [0.15, 0.2) is 36.0 Å². The first-order valence-electron chi connectivity index (χ1n) is 5.07. The molecule has 1 aromatic rings. The van der Waals surface area contributed by atoms with Crippen molar-refractivity contribution in [2.45, 2.75) is 19.4 Å². The summed E-state index contributed by atoms with van der Waals surface area (Å²) < 4.78 is 31.9. The minimum absolute atomic E-state index is 0.0000463. The molecule has 1 aliphatic rings. The highest BCUT2D eigenvalue weighted by Gasteiger charge is 2.35. The molecule has 0 aromatic heterocycles. The van der Waals surface area contributed by atoms with Crippen LogP contribution in [0.3, 0.4) is 0 Å². The summed E-state index contributed by atoms with van der Waals surface area (Å²) in [5.74, 6) is 0. The Morgan fingerprint density at radius 1 is 1.38 bits per heavy atom. The number of nitrogens with one attached hydrogen (secondary N) is 1. The van der Waals surface area contributed by atoms with Crippen LogP contribution in [0.25, 0.3) is 4.91 Å². The molecule has 5 heteroatoms. The third-order valence-electron chi connectivity index (χ3n) is 2.54. The van der Waals surface area contributed by atoms with E-state index in [2.05, 4.69) is 5.32 Å². The molecule has 86 valence electrons. The van der Waals surface area contributed by atoms with E-state index < -0.39 is 10.1 Å². The van der Waals surface area contributed by atoms with Crippen LogP contribution in [0.5, 0.6) is 0 Å². The lowest BCUT2D eigenvalue weighted by atomic mass is 10.2. The smallest absolute Gasteiger partial charge is 0.296 e.